The van der Waals surface area contributed by atoms with Gasteiger partial charge in [0.2, 0.25) is 5.95 Å². The van der Waals surface area contributed by atoms with E-state index in [0.29, 0.717) is 0 Å². The van der Waals surface area contributed by atoms with Crippen LogP contribution in [0.1, 0.15) is 0 Å². The Labute approximate surface area is 79.3 Å². The molecule has 0 spiro atoms. The van der Waals surface area contributed by atoms with Gasteiger partial charge in [0.15, 0.2) is 0 Å². The van der Waals surface area contributed by atoms with Crippen molar-refractivity contribution in [1.29, 1.82) is 0 Å². The molecule has 2 aromatic rings. The van der Waals surface area contributed by atoms with E-state index in [2.05, 4.69) is 9.97 Å². The summed E-state index contributed by atoms with van der Waals surface area (Å²) in [6, 6.07) is 5.87. The molecule has 1 aromatic carbocycles. The van der Waals surface area contributed by atoms with Crippen molar-refractivity contribution in [2.75, 3.05) is 0 Å². The largest absolute Gasteiger partial charge is 0.250 e. The normalized spacial score (nSPS) is 10.1. The first-order valence-electron chi connectivity index (χ1n) is 4.00. The van der Waals surface area contributed by atoms with Crippen LogP contribution < -0.4 is 0 Å². The Morgan fingerprint density at radius 3 is 2.36 bits per heavy atom. The van der Waals surface area contributed by atoms with Gasteiger partial charge in [-0.15, -0.1) is 0 Å². The molecule has 0 N–H and O–H groups in total. The van der Waals surface area contributed by atoms with Crippen molar-refractivity contribution in [3.63, 3.8) is 0 Å². The standard InChI is InChI=1S/C10H6F2N2/c11-8-4-2-1-3-7(8)9-10(12)14-6-5-13-9/h1-6H. The van der Waals surface area contributed by atoms with E-state index >= 15 is 0 Å². The summed E-state index contributed by atoms with van der Waals surface area (Å²) in [4.78, 5) is 7.13. The minimum absolute atomic E-state index is 0.0643. The molecular weight excluding hydrogens is 186 g/mol. The van der Waals surface area contributed by atoms with Crippen LogP contribution in [0, 0.1) is 11.8 Å². The van der Waals surface area contributed by atoms with Crippen LogP contribution in [0.5, 0.6) is 0 Å². The Hall–Kier alpha value is -1.84. The lowest BCUT2D eigenvalue weighted by Crippen LogP contribution is -1.93. The smallest absolute Gasteiger partial charge is 0.239 e. The molecule has 2 nitrogen and oxygen atoms in total. The number of rotatable bonds is 1. The van der Waals surface area contributed by atoms with Crippen molar-refractivity contribution in [2.24, 2.45) is 0 Å². The van der Waals surface area contributed by atoms with Crippen molar-refractivity contribution in [3.05, 3.63) is 48.4 Å². The summed E-state index contributed by atoms with van der Waals surface area (Å²) < 4.78 is 26.3. The molecule has 1 aromatic heterocycles. The van der Waals surface area contributed by atoms with E-state index in [9.17, 15) is 8.78 Å². The maximum Gasteiger partial charge on any atom is 0.239 e. The highest BCUT2D eigenvalue weighted by Gasteiger charge is 2.10. The summed E-state index contributed by atoms with van der Waals surface area (Å²) in [6.45, 7) is 0. The third-order valence-corrected chi connectivity index (χ3v) is 1.78. The average molecular weight is 192 g/mol. The predicted molar refractivity (Wildman–Crippen MR) is 47.4 cm³/mol. The van der Waals surface area contributed by atoms with Crippen LogP contribution in [0.25, 0.3) is 11.3 Å². The van der Waals surface area contributed by atoms with Crippen molar-refractivity contribution in [2.45, 2.75) is 0 Å². The zero-order chi connectivity index (χ0) is 9.97. The fourth-order valence-corrected chi connectivity index (χ4v) is 1.15. The Morgan fingerprint density at radius 1 is 0.929 bits per heavy atom. The number of benzene rings is 1. The minimum Gasteiger partial charge on any atom is -0.250 e. The van der Waals surface area contributed by atoms with E-state index in [4.69, 9.17) is 0 Å². The SMILES string of the molecule is Fc1ccccc1-c1nccnc1F. The Kier molecular flexibility index (Phi) is 2.18. The summed E-state index contributed by atoms with van der Waals surface area (Å²) in [7, 11) is 0. The quantitative estimate of drug-likeness (QED) is 0.693. The monoisotopic (exact) mass is 192 g/mol. The summed E-state index contributed by atoms with van der Waals surface area (Å²) in [5, 5.41) is 0. The van der Waals surface area contributed by atoms with Gasteiger partial charge in [-0.3, -0.25) is 0 Å². The van der Waals surface area contributed by atoms with E-state index in [-0.39, 0.29) is 11.3 Å². The van der Waals surface area contributed by atoms with Gasteiger partial charge in [0.1, 0.15) is 11.5 Å². The third-order valence-electron chi connectivity index (χ3n) is 1.78. The van der Waals surface area contributed by atoms with Crippen LogP contribution in [0.15, 0.2) is 36.7 Å². The molecule has 0 aliphatic heterocycles. The zero-order valence-electron chi connectivity index (χ0n) is 7.11. The molecule has 0 aliphatic carbocycles. The van der Waals surface area contributed by atoms with Gasteiger partial charge in [0, 0.05) is 18.0 Å². The summed E-state index contributed by atoms with van der Waals surface area (Å²) in [6.07, 6.45) is 2.55. The molecule has 0 aliphatic rings. The first-order valence-corrected chi connectivity index (χ1v) is 4.00. The lowest BCUT2D eigenvalue weighted by Gasteiger charge is -2.01. The van der Waals surface area contributed by atoms with Gasteiger partial charge in [-0.05, 0) is 12.1 Å². The molecule has 0 saturated heterocycles. The molecule has 4 heteroatoms. The number of aromatic nitrogens is 2. The summed E-state index contributed by atoms with van der Waals surface area (Å²) in [5.41, 5.74) is 0.0590. The van der Waals surface area contributed by atoms with Crippen LogP contribution in [0.3, 0.4) is 0 Å². The van der Waals surface area contributed by atoms with Gasteiger partial charge in [-0.25, -0.2) is 14.4 Å². The fraction of sp³-hybridized carbons (Fsp3) is 0. The summed E-state index contributed by atoms with van der Waals surface area (Å²) >= 11 is 0. The van der Waals surface area contributed by atoms with Gasteiger partial charge < -0.3 is 0 Å². The zero-order valence-corrected chi connectivity index (χ0v) is 7.11. The number of hydrogen-bond acceptors (Lipinski definition) is 2. The highest BCUT2D eigenvalue weighted by Crippen LogP contribution is 2.21. The van der Waals surface area contributed by atoms with Crippen LogP contribution in [-0.4, -0.2) is 9.97 Å². The van der Waals surface area contributed by atoms with Gasteiger partial charge in [0.05, 0.1) is 0 Å². The molecule has 1 heterocycles. The van der Waals surface area contributed by atoms with Gasteiger partial charge in [0.25, 0.3) is 0 Å². The molecule has 14 heavy (non-hydrogen) atoms. The Morgan fingerprint density at radius 2 is 1.64 bits per heavy atom. The second-order valence-corrected chi connectivity index (χ2v) is 2.68. The van der Waals surface area contributed by atoms with Crippen molar-refractivity contribution in [1.82, 2.24) is 9.97 Å². The topological polar surface area (TPSA) is 25.8 Å². The molecule has 0 radical (unpaired) electrons. The summed E-state index contributed by atoms with van der Waals surface area (Å²) in [5.74, 6) is -1.27. The molecule has 0 atom stereocenters. The van der Waals surface area contributed by atoms with Gasteiger partial charge >= 0.3 is 0 Å². The van der Waals surface area contributed by atoms with Crippen molar-refractivity contribution >= 4 is 0 Å². The van der Waals surface area contributed by atoms with Crippen LogP contribution >= 0.6 is 0 Å². The van der Waals surface area contributed by atoms with E-state index in [1.165, 1.54) is 30.6 Å². The molecule has 70 valence electrons. The van der Waals surface area contributed by atoms with Gasteiger partial charge in [-0.1, -0.05) is 12.1 Å². The fourth-order valence-electron chi connectivity index (χ4n) is 1.15. The second-order valence-electron chi connectivity index (χ2n) is 2.68. The van der Waals surface area contributed by atoms with E-state index in [1.807, 2.05) is 0 Å². The number of hydrogen-bond donors (Lipinski definition) is 0. The highest BCUT2D eigenvalue weighted by atomic mass is 19.1. The minimum atomic E-state index is -0.766. The van der Waals surface area contributed by atoms with Crippen molar-refractivity contribution in [3.8, 4) is 11.3 Å². The second kappa shape index (κ2) is 3.49. The lowest BCUT2D eigenvalue weighted by atomic mass is 10.1. The van der Waals surface area contributed by atoms with E-state index in [1.54, 1.807) is 6.07 Å². The van der Waals surface area contributed by atoms with E-state index < -0.39 is 11.8 Å². The first-order chi connectivity index (χ1) is 6.79. The lowest BCUT2D eigenvalue weighted by molar-refractivity contribution is 0.576. The highest BCUT2D eigenvalue weighted by molar-refractivity contribution is 5.58. The molecule has 0 saturated carbocycles. The Balaban J connectivity index is 2.61. The van der Waals surface area contributed by atoms with Gasteiger partial charge in [-0.2, -0.15) is 4.39 Å². The third kappa shape index (κ3) is 1.46. The molecule has 0 bridgehead atoms. The number of nitrogens with zero attached hydrogens (tertiary/aromatic N) is 2. The molecule has 0 amide bonds. The van der Waals surface area contributed by atoms with Crippen LogP contribution in [0.4, 0.5) is 8.78 Å². The van der Waals surface area contributed by atoms with Crippen LogP contribution in [-0.2, 0) is 0 Å². The van der Waals surface area contributed by atoms with Crippen molar-refractivity contribution < 1.29 is 8.78 Å². The molecular formula is C10H6F2N2. The van der Waals surface area contributed by atoms with E-state index in [0.717, 1.165) is 0 Å². The maximum atomic E-state index is 13.2. The maximum absolute atomic E-state index is 13.2. The average Bonchev–Trinajstić information content (AvgIpc) is 2.20. The molecule has 0 unspecified atom stereocenters. The first kappa shape index (κ1) is 8.74. The number of halogens is 2. The molecule has 0 fully saturated rings. The van der Waals surface area contributed by atoms with Crippen LogP contribution in [0.2, 0.25) is 0 Å². The molecule has 2 rings (SSSR count). The predicted octanol–water partition coefficient (Wildman–Crippen LogP) is 2.42. The Bertz CT molecular complexity index is 414.